The first-order chi connectivity index (χ1) is 17.7. The van der Waals surface area contributed by atoms with Crippen LogP contribution in [0.3, 0.4) is 0 Å². The number of rotatable bonds is 30. The molecule has 0 saturated carbocycles. The smallest absolute Gasteiger partial charge is 0.309 e. The number of carbonyl (C=O) groups is 1. The molecule has 0 aliphatic heterocycles. The average molecular weight is 511 g/mol. The van der Waals surface area contributed by atoms with E-state index >= 15 is 0 Å². The van der Waals surface area contributed by atoms with Crippen molar-refractivity contribution in [1.29, 1.82) is 0 Å². The van der Waals surface area contributed by atoms with Crippen molar-refractivity contribution in [2.75, 3.05) is 7.11 Å². The highest BCUT2D eigenvalue weighted by atomic mass is 16.5. The van der Waals surface area contributed by atoms with Gasteiger partial charge in [-0.1, -0.05) is 174 Å². The van der Waals surface area contributed by atoms with Gasteiger partial charge in [0.15, 0.2) is 0 Å². The van der Waals surface area contributed by atoms with Gasteiger partial charge in [-0.3, -0.25) is 4.79 Å². The van der Waals surface area contributed by atoms with Crippen LogP contribution in [0, 0.1) is 5.92 Å². The highest BCUT2D eigenvalue weighted by Gasteiger charge is 2.27. The second-order valence-corrected chi connectivity index (χ2v) is 11.4. The van der Waals surface area contributed by atoms with Crippen LogP contribution in [0.25, 0.3) is 0 Å². The third-order valence-electron chi connectivity index (χ3n) is 8.03. The molecule has 1 N–H and O–H groups in total. The molecule has 0 aromatic rings. The molecule has 0 amide bonds. The molecule has 0 aliphatic rings. The van der Waals surface area contributed by atoms with E-state index in [0.29, 0.717) is 0 Å². The molecule has 0 spiro atoms. The number of hydrogen-bond donors (Lipinski definition) is 1. The number of unbranched alkanes of at least 4 members (excludes halogenated alkanes) is 23. The van der Waals surface area contributed by atoms with Crippen LogP contribution in [0.1, 0.15) is 187 Å². The van der Waals surface area contributed by atoms with E-state index in [0.717, 1.165) is 32.1 Å². The van der Waals surface area contributed by atoms with Gasteiger partial charge in [0, 0.05) is 7.11 Å². The monoisotopic (exact) mass is 511 g/mol. The predicted molar refractivity (Wildman–Crippen MR) is 158 cm³/mol. The molecule has 0 aromatic heterocycles. The van der Waals surface area contributed by atoms with Crippen LogP contribution in [-0.4, -0.2) is 24.3 Å². The Balaban J connectivity index is 3.71. The number of hydrogen-bond acceptors (Lipinski definition) is 2. The van der Waals surface area contributed by atoms with Gasteiger partial charge in [-0.2, -0.15) is 0 Å². The van der Waals surface area contributed by atoms with Crippen molar-refractivity contribution < 1.29 is 14.6 Å². The van der Waals surface area contributed by atoms with Crippen molar-refractivity contribution in [3.63, 3.8) is 0 Å². The van der Waals surface area contributed by atoms with E-state index in [1.807, 2.05) is 0 Å². The SMILES string of the molecule is CCCCCCCCCCCCCCC[C@@H](OC)[C@@H](CCCCCCCCCCCCCC)C(=O)O. The zero-order chi connectivity index (χ0) is 26.5. The van der Waals surface area contributed by atoms with Crippen molar-refractivity contribution in [1.82, 2.24) is 0 Å². The minimum Gasteiger partial charge on any atom is -0.481 e. The second kappa shape index (κ2) is 29.0. The molecule has 3 heteroatoms. The summed E-state index contributed by atoms with van der Waals surface area (Å²) in [7, 11) is 1.70. The zero-order valence-corrected chi connectivity index (χ0v) is 25.0. The molecule has 36 heavy (non-hydrogen) atoms. The zero-order valence-electron chi connectivity index (χ0n) is 25.0. The lowest BCUT2D eigenvalue weighted by molar-refractivity contribution is -0.147. The Morgan fingerprint density at radius 2 is 0.778 bits per heavy atom. The van der Waals surface area contributed by atoms with Crippen molar-refractivity contribution in [2.24, 2.45) is 5.92 Å². The maximum absolute atomic E-state index is 11.9. The largest absolute Gasteiger partial charge is 0.481 e. The Kier molecular flexibility index (Phi) is 28.5. The average Bonchev–Trinajstić information content (AvgIpc) is 2.87. The molecule has 0 rings (SSSR count). The van der Waals surface area contributed by atoms with E-state index in [1.54, 1.807) is 7.11 Å². The van der Waals surface area contributed by atoms with Crippen LogP contribution >= 0.6 is 0 Å². The Bertz CT molecular complexity index is 437. The van der Waals surface area contributed by atoms with Gasteiger partial charge in [-0.15, -0.1) is 0 Å². The van der Waals surface area contributed by atoms with E-state index in [2.05, 4.69) is 13.8 Å². The number of ether oxygens (including phenoxy) is 1. The van der Waals surface area contributed by atoms with Gasteiger partial charge in [0.1, 0.15) is 0 Å². The van der Waals surface area contributed by atoms with E-state index < -0.39 is 5.97 Å². The summed E-state index contributed by atoms with van der Waals surface area (Å²) in [6, 6.07) is 0. The summed E-state index contributed by atoms with van der Waals surface area (Å²) in [5.74, 6) is -1.00. The first-order valence-electron chi connectivity index (χ1n) is 16.4. The molecular formula is C33H66O3. The lowest BCUT2D eigenvalue weighted by atomic mass is 9.91. The number of carboxylic acid groups (broad SMARTS) is 1. The summed E-state index contributed by atoms with van der Waals surface area (Å²) in [6.45, 7) is 4.55. The van der Waals surface area contributed by atoms with Crippen LogP contribution in [0.5, 0.6) is 0 Å². The number of methoxy groups -OCH3 is 1. The van der Waals surface area contributed by atoms with Crippen LogP contribution in [0.2, 0.25) is 0 Å². The first-order valence-corrected chi connectivity index (χ1v) is 16.4. The molecule has 0 bridgehead atoms. The summed E-state index contributed by atoms with van der Waals surface area (Å²) in [6.07, 6.45) is 34.8. The highest BCUT2D eigenvalue weighted by Crippen LogP contribution is 2.23. The molecule has 0 fully saturated rings. The van der Waals surface area contributed by atoms with E-state index in [4.69, 9.17) is 4.74 Å². The minimum absolute atomic E-state index is 0.122. The van der Waals surface area contributed by atoms with E-state index in [9.17, 15) is 9.90 Å². The lowest BCUT2D eigenvalue weighted by Crippen LogP contribution is -2.30. The van der Waals surface area contributed by atoms with Crippen molar-refractivity contribution in [3.05, 3.63) is 0 Å². The standard InChI is InChI=1S/C33H66O3/c1-4-6-8-10-12-14-16-18-20-22-24-26-28-30-32(36-3)31(33(34)35)29-27-25-23-21-19-17-15-13-11-9-7-5-2/h31-32H,4-30H2,1-3H3,(H,34,35)/t31-,32-/m1/s1. The highest BCUT2D eigenvalue weighted by molar-refractivity contribution is 5.70. The van der Waals surface area contributed by atoms with Crippen molar-refractivity contribution in [2.45, 2.75) is 193 Å². The van der Waals surface area contributed by atoms with Crippen LogP contribution in [0.4, 0.5) is 0 Å². The molecule has 0 aliphatic carbocycles. The van der Waals surface area contributed by atoms with Gasteiger partial charge >= 0.3 is 5.97 Å². The fourth-order valence-electron chi connectivity index (χ4n) is 5.52. The van der Waals surface area contributed by atoms with E-state index in [1.165, 1.54) is 141 Å². The molecule has 216 valence electrons. The lowest BCUT2D eigenvalue weighted by Gasteiger charge is -2.23. The minimum atomic E-state index is -0.667. The van der Waals surface area contributed by atoms with Crippen LogP contribution in [-0.2, 0) is 9.53 Å². The van der Waals surface area contributed by atoms with Gasteiger partial charge < -0.3 is 9.84 Å². The van der Waals surface area contributed by atoms with E-state index in [-0.39, 0.29) is 12.0 Å². The van der Waals surface area contributed by atoms with Crippen molar-refractivity contribution in [3.8, 4) is 0 Å². The molecule has 0 saturated heterocycles. The third kappa shape index (κ3) is 23.8. The van der Waals surface area contributed by atoms with Crippen LogP contribution < -0.4 is 0 Å². The normalized spacial score (nSPS) is 13.2. The molecule has 2 atom stereocenters. The maximum atomic E-state index is 11.9. The molecule has 0 radical (unpaired) electrons. The number of aliphatic carboxylic acids is 1. The summed E-state index contributed by atoms with van der Waals surface area (Å²) < 4.78 is 5.66. The van der Waals surface area contributed by atoms with Gasteiger partial charge in [-0.25, -0.2) is 0 Å². The fraction of sp³-hybridized carbons (Fsp3) is 0.970. The topological polar surface area (TPSA) is 46.5 Å². The van der Waals surface area contributed by atoms with Crippen LogP contribution in [0.15, 0.2) is 0 Å². The first kappa shape index (κ1) is 35.4. The Morgan fingerprint density at radius 3 is 1.06 bits per heavy atom. The summed E-state index contributed by atoms with van der Waals surface area (Å²) in [5, 5.41) is 9.78. The van der Waals surface area contributed by atoms with Crippen molar-refractivity contribution >= 4 is 5.97 Å². The fourth-order valence-corrected chi connectivity index (χ4v) is 5.52. The summed E-state index contributed by atoms with van der Waals surface area (Å²) in [4.78, 5) is 11.9. The molecule has 0 aromatic carbocycles. The molecule has 3 nitrogen and oxygen atoms in total. The molecular weight excluding hydrogens is 444 g/mol. The Labute approximate surface area is 226 Å². The molecule has 0 unspecified atom stereocenters. The Morgan fingerprint density at radius 1 is 0.500 bits per heavy atom. The second-order valence-electron chi connectivity index (χ2n) is 11.4. The quantitative estimate of drug-likeness (QED) is 0.0977. The maximum Gasteiger partial charge on any atom is 0.309 e. The third-order valence-corrected chi connectivity index (χ3v) is 8.03. The molecule has 0 heterocycles. The summed E-state index contributed by atoms with van der Waals surface area (Å²) in [5.41, 5.74) is 0. The van der Waals surface area contributed by atoms with Gasteiger partial charge in [-0.05, 0) is 12.8 Å². The van der Waals surface area contributed by atoms with Gasteiger partial charge in [0.25, 0.3) is 0 Å². The van der Waals surface area contributed by atoms with Gasteiger partial charge in [0.2, 0.25) is 0 Å². The summed E-state index contributed by atoms with van der Waals surface area (Å²) >= 11 is 0. The van der Waals surface area contributed by atoms with Gasteiger partial charge in [0.05, 0.1) is 12.0 Å². The number of carboxylic acids is 1. The Hall–Kier alpha value is -0.570. The predicted octanol–water partition coefficient (Wildman–Crippen LogP) is 11.3.